The van der Waals surface area contributed by atoms with Crippen LogP contribution in [0, 0.1) is 11.8 Å². The van der Waals surface area contributed by atoms with Crippen LogP contribution in [0.3, 0.4) is 0 Å². The predicted molar refractivity (Wildman–Crippen MR) is 79.9 cm³/mol. The fourth-order valence-electron chi connectivity index (χ4n) is 2.82. The molecule has 0 spiro atoms. The number of rotatable bonds is 4. The van der Waals surface area contributed by atoms with Gasteiger partial charge in [-0.1, -0.05) is 12.8 Å². The lowest BCUT2D eigenvalue weighted by atomic mass is 9.94. The molecule has 120 valence electrons. The van der Waals surface area contributed by atoms with Crippen molar-refractivity contribution in [2.24, 2.45) is 11.8 Å². The van der Waals surface area contributed by atoms with E-state index in [2.05, 4.69) is 10.6 Å². The Bertz CT molecular complexity index is 454. The number of allylic oxidation sites excluding steroid dienone is 2. The first kappa shape index (κ1) is 16.4. The molecule has 2 aliphatic rings. The molecule has 0 aromatic heterocycles. The first-order valence-corrected chi connectivity index (χ1v) is 7.91. The number of nitrogens with one attached hydrogen (secondary N) is 2. The standard InChI is InChI=1S/C16H22N2O4/c19-13(11-5-1-3-9-17-15(11)21)7-8-14(20)12-6-2-4-10-18-16(12)22/h7-8,11-12H,1-6,9-10H2,(H,17,21)(H,18,22)/b8-7+. The minimum atomic E-state index is -0.713. The average molecular weight is 306 g/mol. The van der Waals surface area contributed by atoms with Crippen molar-refractivity contribution in [2.75, 3.05) is 13.1 Å². The summed E-state index contributed by atoms with van der Waals surface area (Å²) in [6, 6.07) is 0. The Morgan fingerprint density at radius 2 is 1.18 bits per heavy atom. The highest BCUT2D eigenvalue weighted by Gasteiger charge is 2.28. The van der Waals surface area contributed by atoms with Gasteiger partial charge in [0, 0.05) is 13.1 Å². The van der Waals surface area contributed by atoms with Crippen LogP contribution >= 0.6 is 0 Å². The second-order valence-corrected chi connectivity index (χ2v) is 5.82. The van der Waals surface area contributed by atoms with Crippen molar-refractivity contribution in [1.29, 1.82) is 0 Å². The summed E-state index contributed by atoms with van der Waals surface area (Å²) in [4.78, 5) is 47.8. The summed E-state index contributed by atoms with van der Waals surface area (Å²) in [6.45, 7) is 1.18. The van der Waals surface area contributed by atoms with Crippen molar-refractivity contribution >= 4 is 23.4 Å². The SMILES string of the molecule is O=C(/C=C/C(=O)C1CCCCNC1=O)C1CCCCNC1=O. The van der Waals surface area contributed by atoms with E-state index in [1.165, 1.54) is 0 Å². The number of hydrogen-bond acceptors (Lipinski definition) is 4. The van der Waals surface area contributed by atoms with E-state index in [1.807, 2.05) is 0 Å². The van der Waals surface area contributed by atoms with E-state index in [-0.39, 0.29) is 23.4 Å². The molecule has 2 atom stereocenters. The lowest BCUT2D eigenvalue weighted by molar-refractivity contribution is -0.133. The maximum Gasteiger partial charge on any atom is 0.230 e. The Hall–Kier alpha value is -1.98. The van der Waals surface area contributed by atoms with E-state index in [9.17, 15) is 19.2 Å². The number of carbonyl (C=O) groups excluding carboxylic acids is 4. The Balaban J connectivity index is 1.97. The van der Waals surface area contributed by atoms with Gasteiger partial charge in [0.05, 0.1) is 0 Å². The van der Waals surface area contributed by atoms with Gasteiger partial charge < -0.3 is 10.6 Å². The molecule has 2 saturated heterocycles. The first-order chi connectivity index (χ1) is 10.6. The average Bonchev–Trinajstić information content (AvgIpc) is 2.84. The minimum Gasteiger partial charge on any atom is -0.355 e. The molecule has 6 heteroatoms. The van der Waals surface area contributed by atoms with Crippen molar-refractivity contribution in [3.63, 3.8) is 0 Å². The molecule has 0 aromatic rings. The molecule has 22 heavy (non-hydrogen) atoms. The summed E-state index contributed by atoms with van der Waals surface area (Å²) in [5, 5.41) is 5.40. The zero-order valence-corrected chi connectivity index (χ0v) is 12.6. The van der Waals surface area contributed by atoms with Gasteiger partial charge in [0.2, 0.25) is 11.8 Å². The smallest absolute Gasteiger partial charge is 0.230 e. The molecule has 2 rings (SSSR count). The Morgan fingerprint density at radius 1 is 0.773 bits per heavy atom. The van der Waals surface area contributed by atoms with E-state index >= 15 is 0 Å². The maximum atomic E-state index is 12.1. The molecule has 2 fully saturated rings. The highest BCUT2D eigenvalue weighted by molar-refractivity contribution is 6.12. The van der Waals surface area contributed by atoms with Crippen molar-refractivity contribution in [3.8, 4) is 0 Å². The third kappa shape index (κ3) is 4.26. The molecule has 6 nitrogen and oxygen atoms in total. The molecule has 2 unspecified atom stereocenters. The topological polar surface area (TPSA) is 92.3 Å². The monoisotopic (exact) mass is 306 g/mol. The normalized spacial score (nSPS) is 26.7. The highest BCUT2D eigenvalue weighted by atomic mass is 16.2. The van der Waals surface area contributed by atoms with Crippen molar-refractivity contribution in [2.45, 2.75) is 38.5 Å². The third-order valence-electron chi connectivity index (χ3n) is 4.17. The Labute approximate surface area is 129 Å². The summed E-state index contributed by atoms with van der Waals surface area (Å²) >= 11 is 0. The van der Waals surface area contributed by atoms with Crippen LogP contribution in [0.2, 0.25) is 0 Å². The van der Waals surface area contributed by atoms with Crippen LogP contribution in [0.25, 0.3) is 0 Å². The van der Waals surface area contributed by atoms with Gasteiger partial charge in [0.1, 0.15) is 11.8 Å². The van der Waals surface area contributed by atoms with Crippen LogP contribution in [0.5, 0.6) is 0 Å². The fourth-order valence-corrected chi connectivity index (χ4v) is 2.82. The number of carbonyl (C=O) groups is 4. The number of ketones is 2. The van der Waals surface area contributed by atoms with E-state index in [0.717, 1.165) is 37.8 Å². The second-order valence-electron chi connectivity index (χ2n) is 5.82. The molecule has 2 N–H and O–H groups in total. The van der Waals surface area contributed by atoms with Crippen LogP contribution in [-0.2, 0) is 19.2 Å². The molecule has 2 heterocycles. The van der Waals surface area contributed by atoms with Gasteiger partial charge in [-0.15, -0.1) is 0 Å². The summed E-state index contributed by atoms with van der Waals surface area (Å²) in [7, 11) is 0. The van der Waals surface area contributed by atoms with Gasteiger partial charge in [0.25, 0.3) is 0 Å². The molecule has 2 aliphatic heterocycles. The third-order valence-corrected chi connectivity index (χ3v) is 4.17. The second kappa shape index (κ2) is 7.87. The molecular formula is C16H22N2O4. The maximum absolute atomic E-state index is 12.1. The lowest BCUT2D eigenvalue weighted by Gasteiger charge is -2.10. The molecule has 0 aromatic carbocycles. The lowest BCUT2D eigenvalue weighted by Crippen LogP contribution is -2.34. The molecule has 0 aliphatic carbocycles. The largest absolute Gasteiger partial charge is 0.355 e. The zero-order chi connectivity index (χ0) is 15.9. The summed E-state index contributed by atoms with van der Waals surface area (Å²) in [5.41, 5.74) is 0. The van der Waals surface area contributed by atoms with E-state index in [1.54, 1.807) is 0 Å². The van der Waals surface area contributed by atoms with E-state index < -0.39 is 11.8 Å². The summed E-state index contributed by atoms with van der Waals surface area (Å²) < 4.78 is 0. The van der Waals surface area contributed by atoms with Crippen LogP contribution < -0.4 is 10.6 Å². The van der Waals surface area contributed by atoms with Gasteiger partial charge >= 0.3 is 0 Å². The van der Waals surface area contributed by atoms with E-state index in [4.69, 9.17) is 0 Å². The summed E-state index contributed by atoms with van der Waals surface area (Å²) in [6.07, 6.45) is 6.68. The van der Waals surface area contributed by atoms with Crippen LogP contribution in [-0.4, -0.2) is 36.5 Å². The quantitative estimate of drug-likeness (QED) is 0.585. The molecule has 0 bridgehead atoms. The van der Waals surface area contributed by atoms with Gasteiger partial charge in [-0.3, -0.25) is 19.2 Å². The highest BCUT2D eigenvalue weighted by Crippen LogP contribution is 2.16. The van der Waals surface area contributed by atoms with Gasteiger partial charge in [0.15, 0.2) is 11.6 Å². The molecule has 0 radical (unpaired) electrons. The van der Waals surface area contributed by atoms with Gasteiger partial charge in [-0.05, 0) is 37.8 Å². The number of hydrogen-bond donors (Lipinski definition) is 2. The Morgan fingerprint density at radius 3 is 1.59 bits per heavy atom. The van der Waals surface area contributed by atoms with E-state index in [0.29, 0.717) is 25.9 Å². The van der Waals surface area contributed by atoms with Crippen LogP contribution in [0.1, 0.15) is 38.5 Å². The zero-order valence-electron chi connectivity index (χ0n) is 12.6. The van der Waals surface area contributed by atoms with Crippen molar-refractivity contribution in [3.05, 3.63) is 12.2 Å². The van der Waals surface area contributed by atoms with Crippen molar-refractivity contribution in [1.82, 2.24) is 10.6 Å². The minimum absolute atomic E-state index is 0.271. The molecule has 2 amide bonds. The van der Waals surface area contributed by atoms with Crippen molar-refractivity contribution < 1.29 is 19.2 Å². The first-order valence-electron chi connectivity index (χ1n) is 7.91. The number of amides is 2. The molecule has 0 saturated carbocycles. The Kier molecular flexibility index (Phi) is 5.86. The van der Waals surface area contributed by atoms with Crippen LogP contribution in [0.15, 0.2) is 12.2 Å². The van der Waals surface area contributed by atoms with Gasteiger partial charge in [-0.25, -0.2) is 0 Å². The van der Waals surface area contributed by atoms with Crippen LogP contribution in [0.4, 0.5) is 0 Å². The fraction of sp³-hybridized carbons (Fsp3) is 0.625. The molecular weight excluding hydrogens is 284 g/mol. The predicted octanol–water partition coefficient (Wildman–Crippen LogP) is 0.513. The van der Waals surface area contributed by atoms with Gasteiger partial charge in [-0.2, -0.15) is 0 Å². The summed E-state index contributed by atoms with van der Waals surface area (Å²) in [5.74, 6) is -2.69.